The lowest BCUT2D eigenvalue weighted by atomic mass is 10.1. The number of nitrogens with two attached hydrogens (primary N) is 1. The second-order valence-corrected chi connectivity index (χ2v) is 7.72. The Bertz CT molecular complexity index is 874. The zero-order valence-electron chi connectivity index (χ0n) is 14.3. The number of esters is 1. The first-order valence-electron chi connectivity index (χ1n) is 8.19. The molecule has 1 aliphatic carbocycles. The molecule has 3 N–H and O–H groups in total. The lowest BCUT2D eigenvalue weighted by Gasteiger charge is -2.13. The van der Waals surface area contributed by atoms with Crippen LogP contribution in [-0.4, -0.2) is 33.5 Å². The van der Waals surface area contributed by atoms with Crippen LogP contribution in [0.15, 0.2) is 0 Å². The summed E-state index contributed by atoms with van der Waals surface area (Å²) in [5.41, 5.74) is 7.31. The van der Waals surface area contributed by atoms with Gasteiger partial charge in [0, 0.05) is 4.88 Å². The van der Waals surface area contributed by atoms with Gasteiger partial charge < -0.3 is 15.8 Å². The molecule has 0 bridgehead atoms. The molecule has 10 heteroatoms. The Morgan fingerprint density at radius 2 is 2.12 bits per heavy atom. The summed E-state index contributed by atoms with van der Waals surface area (Å²) in [6.45, 7) is 3.32. The SMILES string of the molecule is CCc1nnsc1C(=O)O[C@@H](C)C(=O)Nc1sc2c(c1C(N)=O)CCC2. The molecule has 0 unspecified atom stereocenters. The van der Waals surface area contributed by atoms with Crippen LogP contribution in [0.5, 0.6) is 0 Å². The van der Waals surface area contributed by atoms with Crippen molar-refractivity contribution in [2.45, 2.75) is 45.6 Å². The van der Waals surface area contributed by atoms with Gasteiger partial charge in [-0.3, -0.25) is 9.59 Å². The Morgan fingerprint density at radius 1 is 1.35 bits per heavy atom. The smallest absolute Gasteiger partial charge is 0.352 e. The molecule has 0 aromatic carbocycles. The average Bonchev–Trinajstić information content (AvgIpc) is 3.28. The van der Waals surface area contributed by atoms with Gasteiger partial charge in [0.1, 0.15) is 5.00 Å². The van der Waals surface area contributed by atoms with E-state index < -0.39 is 23.9 Å². The number of anilines is 1. The number of carbonyl (C=O) groups excluding carboxylic acids is 3. The van der Waals surface area contributed by atoms with Crippen LogP contribution in [0.25, 0.3) is 0 Å². The fourth-order valence-corrected chi connectivity index (χ4v) is 4.76. The summed E-state index contributed by atoms with van der Waals surface area (Å²) in [7, 11) is 0. The molecule has 2 aromatic heterocycles. The molecule has 1 atom stereocenters. The lowest BCUT2D eigenvalue weighted by Crippen LogP contribution is -2.30. The third-order valence-electron chi connectivity index (χ3n) is 4.13. The first-order chi connectivity index (χ1) is 12.4. The zero-order valence-corrected chi connectivity index (χ0v) is 16.0. The molecule has 2 aromatic rings. The molecule has 1 aliphatic rings. The number of nitrogens with zero attached hydrogens (tertiary/aromatic N) is 2. The van der Waals surface area contributed by atoms with Gasteiger partial charge in [0.25, 0.3) is 11.8 Å². The van der Waals surface area contributed by atoms with Crippen LogP contribution in [0.2, 0.25) is 0 Å². The molecule has 0 aliphatic heterocycles. The molecule has 3 rings (SSSR count). The Hall–Kier alpha value is -2.33. The number of hydrogen-bond acceptors (Lipinski definition) is 8. The van der Waals surface area contributed by atoms with Gasteiger partial charge in [-0.25, -0.2) is 4.79 Å². The quantitative estimate of drug-likeness (QED) is 0.722. The Labute approximate surface area is 157 Å². The van der Waals surface area contributed by atoms with Crippen molar-refractivity contribution in [3.05, 3.63) is 26.6 Å². The monoisotopic (exact) mass is 394 g/mol. The number of thiophene rings is 1. The maximum Gasteiger partial charge on any atom is 0.352 e. The molecule has 0 saturated heterocycles. The van der Waals surface area contributed by atoms with Crippen molar-refractivity contribution in [3.63, 3.8) is 0 Å². The molecule has 138 valence electrons. The third kappa shape index (κ3) is 3.47. The summed E-state index contributed by atoms with van der Waals surface area (Å²) in [5, 5.41) is 6.95. The van der Waals surface area contributed by atoms with E-state index in [1.54, 1.807) is 0 Å². The fraction of sp³-hybridized carbons (Fsp3) is 0.438. The first kappa shape index (κ1) is 18.5. The predicted octanol–water partition coefficient (Wildman–Crippen LogP) is 1.93. The molecule has 0 radical (unpaired) electrons. The van der Waals surface area contributed by atoms with Crippen LogP contribution in [0.3, 0.4) is 0 Å². The molecule has 2 heterocycles. The maximum atomic E-state index is 12.4. The first-order valence-corrected chi connectivity index (χ1v) is 9.78. The number of hydrogen-bond donors (Lipinski definition) is 2. The zero-order chi connectivity index (χ0) is 18.8. The average molecular weight is 394 g/mol. The van der Waals surface area contributed by atoms with Crippen LogP contribution in [0.4, 0.5) is 5.00 Å². The van der Waals surface area contributed by atoms with Crippen molar-refractivity contribution in [1.29, 1.82) is 0 Å². The largest absolute Gasteiger partial charge is 0.448 e. The van der Waals surface area contributed by atoms with Gasteiger partial charge in [-0.1, -0.05) is 11.4 Å². The van der Waals surface area contributed by atoms with E-state index >= 15 is 0 Å². The van der Waals surface area contributed by atoms with Gasteiger partial charge in [0.05, 0.1) is 11.3 Å². The normalized spacial score (nSPS) is 13.9. The molecule has 0 spiro atoms. The number of aromatic nitrogens is 2. The van der Waals surface area contributed by atoms with Crippen LogP contribution in [0, 0.1) is 0 Å². The van der Waals surface area contributed by atoms with Gasteiger partial charge in [-0.05, 0) is 49.7 Å². The Morgan fingerprint density at radius 3 is 2.81 bits per heavy atom. The minimum atomic E-state index is -1.04. The summed E-state index contributed by atoms with van der Waals surface area (Å²) in [6, 6.07) is 0. The van der Waals surface area contributed by atoms with E-state index in [0.29, 0.717) is 27.6 Å². The van der Waals surface area contributed by atoms with Gasteiger partial charge in [-0.2, -0.15) is 0 Å². The molecule has 2 amide bonds. The minimum Gasteiger partial charge on any atom is -0.448 e. The number of aryl methyl sites for hydroxylation is 2. The fourth-order valence-electron chi connectivity index (χ4n) is 2.83. The molecular formula is C16H18N4O4S2. The third-order valence-corrected chi connectivity index (χ3v) is 6.09. The number of carbonyl (C=O) groups is 3. The van der Waals surface area contributed by atoms with Crippen LogP contribution in [0.1, 0.15) is 56.4 Å². The van der Waals surface area contributed by atoms with E-state index in [-0.39, 0.29) is 0 Å². The number of ether oxygens (including phenoxy) is 1. The molecule has 0 saturated carbocycles. The highest BCUT2D eigenvalue weighted by atomic mass is 32.1. The number of nitrogens with one attached hydrogen (secondary N) is 1. The van der Waals surface area contributed by atoms with E-state index in [9.17, 15) is 14.4 Å². The van der Waals surface area contributed by atoms with Gasteiger partial charge >= 0.3 is 5.97 Å². The van der Waals surface area contributed by atoms with Crippen LogP contribution in [-0.2, 0) is 28.8 Å². The van der Waals surface area contributed by atoms with Crippen molar-refractivity contribution >= 4 is 45.7 Å². The highest BCUT2D eigenvalue weighted by molar-refractivity contribution is 7.17. The summed E-state index contributed by atoms with van der Waals surface area (Å²) in [4.78, 5) is 37.8. The molecule has 8 nitrogen and oxygen atoms in total. The topological polar surface area (TPSA) is 124 Å². The second kappa shape index (κ2) is 7.50. The minimum absolute atomic E-state index is 0.292. The number of fused-ring (bicyclic) bond motifs is 1. The number of rotatable bonds is 6. The predicted molar refractivity (Wildman–Crippen MR) is 97.7 cm³/mol. The van der Waals surface area contributed by atoms with Crippen LogP contribution < -0.4 is 11.1 Å². The second-order valence-electron chi connectivity index (χ2n) is 5.86. The molecule has 26 heavy (non-hydrogen) atoms. The summed E-state index contributed by atoms with van der Waals surface area (Å²) in [5.74, 6) is -1.72. The van der Waals surface area contributed by atoms with Crippen LogP contribution >= 0.6 is 22.9 Å². The maximum absolute atomic E-state index is 12.4. The van der Waals surface area contributed by atoms with E-state index in [1.165, 1.54) is 18.3 Å². The van der Waals surface area contributed by atoms with Crippen molar-refractivity contribution in [3.8, 4) is 0 Å². The van der Waals surface area contributed by atoms with E-state index in [2.05, 4.69) is 14.9 Å². The van der Waals surface area contributed by atoms with E-state index in [4.69, 9.17) is 10.5 Å². The van der Waals surface area contributed by atoms with E-state index in [0.717, 1.165) is 41.2 Å². The van der Waals surface area contributed by atoms with E-state index in [1.807, 2.05) is 6.92 Å². The summed E-state index contributed by atoms with van der Waals surface area (Å²) < 4.78 is 8.95. The van der Waals surface area contributed by atoms with Gasteiger partial charge in [0.2, 0.25) is 0 Å². The van der Waals surface area contributed by atoms with Crippen molar-refractivity contribution in [2.75, 3.05) is 5.32 Å². The van der Waals surface area contributed by atoms with Crippen molar-refractivity contribution < 1.29 is 19.1 Å². The molecule has 0 fully saturated rings. The van der Waals surface area contributed by atoms with Gasteiger partial charge in [-0.15, -0.1) is 16.4 Å². The molecular weight excluding hydrogens is 376 g/mol. The summed E-state index contributed by atoms with van der Waals surface area (Å²) >= 11 is 2.29. The lowest BCUT2D eigenvalue weighted by molar-refractivity contribution is -0.123. The highest BCUT2D eigenvalue weighted by Gasteiger charge is 2.28. The Balaban J connectivity index is 1.70. The number of amides is 2. The summed E-state index contributed by atoms with van der Waals surface area (Å²) in [6.07, 6.45) is 2.14. The van der Waals surface area contributed by atoms with Crippen molar-refractivity contribution in [1.82, 2.24) is 9.59 Å². The van der Waals surface area contributed by atoms with Crippen molar-refractivity contribution in [2.24, 2.45) is 5.73 Å². The standard InChI is InChI=1S/C16H18N4O4S2/c1-3-9-12(26-20-19-9)16(23)24-7(2)14(22)18-15-11(13(17)21)8-5-4-6-10(8)25-15/h7H,3-6H2,1-2H3,(H2,17,21)(H,18,22)/t7-/m0/s1. The highest BCUT2D eigenvalue weighted by Crippen LogP contribution is 2.38. The number of primary amides is 1. The van der Waals surface area contributed by atoms with Gasteiger partial charge in [0.15, 0.2) is 11.0 Å². The Kier molecular flexibility index (Phi) is 5.33.